The van der Waals surface area contributed by atoms with E-state index in [0.29, 0.717) is 35.0 Å². The first-order chi connectivity index (χ1) is 15.2. The van der Waals surface area contributed by atoms with Gasteiger partial charge in [0.25, 0.3) is 0 Å². The monoisotopic (exact) mass is 412 g/mol. The maximum atomic E-state index is 12.3. The summed E-state index contributed by atoms with van der Waals surface area (Å²) < 4.78 is 12.8. The number of ether oxygens (including phenoxy) is 1. The number of para-hydroxylation sites is 1. The molecule has 0 amide bonds. The first-order valence-corrected chi connectivity index (χ1v) is 9.85. The number of carbonyl (C=O) groups excluding carboxylic acids is 1. The molecule has 2 aromatic carbocycles. The van der Waals surface area contributed by atoms with Crippen molar-refractivity contribution in [2.45, 2.75) is 26.4 Å². The normalized spacial score (nSPS) is 10.6. The van der Waals surface area contributed by atoms with Gasteiger partial charge in [0.15, 0.2) is 11.7 Å². The third-order valence-electron chi connectivity index (χ3n) is 4.79. The fraction of sp³-hybridized carbons (Fsp3) is 0.167. The summed E-state index contributed by atoms with van der Waals surface area (Å²) in [5, 5.41) is 13.9. The number of aromatic nitrogens is 3. The molecule has 0 bridgehead atoms. The van der Waals surface area contributed by atoms with Crippen molar-refractivity contribution in [3.8, 4) is 23.1 Å². The van der Waals surface area contributed by atoms with Gasteiger partial charge in [-0.2, -0.15) is 10.4 Å². The average molecular weight is 412 g/mol. The van der Waals surface area contributed by atoms with Crippen molar-refractivity contribution in [1.82, 2.24) is 14.8 Å². The Balaban J connectivity index is 1.40. The lowest BCUT2D eigenvalue weighted by Crippen LogP contribution is -2.10. The third kappa shape index (κ3) is 4.54. The molecule has 0 aliphatic rings. The summed E-state index contributed by atoms with van der Waals surface area (Å²) in [6, 6.07) is 21.2. The van der Waals surface area contributed by atoms with Crippen molar-refractivity contribution in [1.29, 1.82) is 5.26 Å². The van der Waals surface area contributed by atoms with Gasteiger partial charge in [0.05, 0.1) is 29.7 Å². The summed E-state index contributed by atoms with van der Waals surface area (Å²) in [5.41, 5.74) is 3.27. The highest BCUT2D eigenvalue weighted by Crippen LogP contribution is 2.21. The minimum Gasteiger partial charge on any atom is -0.459 e. The van der Waals surface area contributed by atoms with Crippen molar-refractivity contribution in [3.05, 3.63) is 89.7 Å². The molecule has 2 aromatic heterocycles. The van der Waals surface area contributed by atoms with E-state index in [9.17, 15) is 10.1 Å². The lowest BCUT2D eigenvalue weighted by molar-refractivity contribution is -0.145. The SMILES string of the molecule is Cc1nn(-c2ccccc2)c(COC(=O)CCc2ncc(-c3ccccc3)o2)c1C#N. The highest BCUT2D eigenvalue weighted by atomic mass is 16.5. The Morgan fingerprint density at radius 2 is 1.84 bits per heavy atom. The Bertz CT molecular complexity index is 1220. The molecular formula is C24H20N4O3. The zero-order valence-electron chi connectivity index (χ0n) is 17.0. The van der Waals surface area contributed by atoms with Crippen LogP contribution in [0.2, 0.25) is 0 Å². The van der Waals surface area contributed by atoms with Crippen LogP contribution in [0.4, 0.5) is 0 Å². The van der Waals surface area contributed by atoms with Crippen LogP contribution in [-0.4, -0.2) is 20.7 Å². The van der Waals surface area contributed by atoms with Gasteiger partial charge < -0.3 is 9.15 Å². The van der Waals surface area contributed by atoms with Gasteiger partial charge in [-0.15, -0.1) is 0 Å². The Morgan fingerprint density at radius 3 is 2.55 bits per heavy atom. The van der Waals surface area contributed by atoms with Crippen molar-refractivity contribution in [2.75, 3.05) is 0 Å². The van der Waals surface area contributed by atoms with E-state index in [1.165, 1.54) is 0 Å². The molecule has 0 atom stereocenters. The molecule has 0 saturated heterocycles. The standard InChI is InChI=1S/C24H20N4O3/c1-17-20(14-25)21(28(27-17)19-10-6-3-7-11-19)16-30-24(29)13-12-23-26-15-22(31-23)18-8-4-2-5-9-18/h2-11,15H,12-13,16H2,1H3. The second kappa shape index (κ2) is 9.09. The van der Waals surface area contributed by atoms with Gasteiger partial charge in [0.2, 0.25) is 0 Å². The van der Waals surface area contributed by atoms with E-state index < -0.39 is 5.97 Å². The summed E-state index contributed by atoms with van der Waals surface area (Å²) in [6.07, 6.45) is 2.10. The zero-order chi connectivity index (χ0) is 21.6. The van der Waals surface area contributed by atoms with Gasteiger partial charge in [0.1, 0.15) is 18.2 Å². The van der Waals surface area contributed by atoms with Crippen LogP contribution in [0, 0.1) is 18.3 Å². The van der Waals surface area contributed by atoms with Crippen molar-refractivity contribution >= 4 is 5.97 Å². The summed E-state index contributed by atoms with van der Waals surface area (Å²) in [5.74, 6) is 0.727. The molecule has 0 unspecified atom stereocenters. The fourth-order valence-electron chi connectivity index (χ4n) is 3.23. The zero-order valence-corrected chi connectivity index (χ0v) is 17.0. The predicted octanol–water partition coefficient (Wildman–Crippen LogP) is 4.38. The number of hydrogen-bond donors (Lipinski definition) is 0. The second-order valence-corrected chi connectivity index (χ2v) is 6.91. The molecule has 0 spiro atoms. The molecule has 0 aliphatic heterocycles. The highest BCUT2D eigenvalue weighted by Gasteiger charge is 2.18. The van der Waals surface area contributed by atoms with E-state index >= 15 is 0 Å². The molecular weight excluding hydrogens is 392 g/mol. The van der Waals surface area contributed by atoms with E-state index in [2.05, 4.69) is 16.2 Å². The van der Waals surface area contributed by atoms with Gasteiger partial charge in [-0.05, 0) is 19.1 Å². The van der Waals surface area contributed by atoms with Crippen LogP contribution >= 0.6 is 0 Å². The minimum atomic E-state index is -0.401. The number of carbonyl (C=O) groups is 1. The Morgan fingerprint density at radius 1 is 1.13 bits per heavy atom. The number of aryl methyl sites for hydroxylation is 2. The molecule has 7 nitrogen and oxygen atoms in total. The van der Waals surface area contributed by atoms with Crippen LogP contribution < -0.4 is 0 Å². The number of nitrogens with zero attached hydrogens (tertiary/aromatic N) is 4. The van der Waals surface area contributed by atoms with E-state index in [-0.39, 0.29) is 13.0 Å². The van der Waals surface area contributed by atoms with Crippen molar-refractivity contribution in [3.63, 3.8) is 0 Å². The number of oxazole rings is 1. The summed E-state index contributed by atoms with van der Waals surface area (Å²) in [7, 11) is 0. The number of benzene rings is 2. The summed E-state index contributed by atoms with van der Waals surface area (Å²) >= 11 is 0. The Kier molecular flexibility index (Phi) is 5.90. The molecule has 0 fully saturated rings. The average Bonchev–Trinajstić information content (AvgIpc) is 3.41. The first kappa shape index (κ1) is 20.1. The van der Waals surface area contributed by atoms with E-state index in [4.69, 9.17) is 9.15 Å². The number of nitriles is 1. The maximum Gasteiger partial charge on any atom is 0.306 e. The molecule has 2 heterocycles. The van der Waals surface area contributed by atoms with E-state index in [0.717, 1.165) is 11.3 Å². The third-order valence-corrected chi connectivity index (χ3v) is 4.79. The Labute approximate surface area is 179 Å². The smallest absolute Gasteiger partial charge is 0.306 e. The van der Waals surface area contributed by atoms with Gasteiger partial charge in [-0.3, -0.25) is 4.79 Å². The molecule has 0 radical (unpaired) electrons. The number of esters is 1. The number of hydrogen-bond acceptors (Lipinski definition) is 6. The van der Waals surface area contributed by atoms with Gasteiger partial charge >= 0.3 is 5.97 Å². The van der Waals surface area contributed by atoms with Gasteiger partial charge in [0, 0.05) is 12.0 Å². The molecule has 31 heavy (non-hydrogen) atoms. The van der Waals surface area contributed by atoms with Crippen molar-refractivity contribution in [2.24, 2.45) is 0 Å². The van der Waals surface area contributed by atoms with E-state index in [1.807, 2.05) is 60.7 Å². The fourth-order valence-corrected chi connectivity index (χ4v) is 3.23. The lowest BCUT2D eigenvalue weighted by atomic mass is 10.2. The topological polar surface area (TPSA) is 93.9 Å². The van der Waals surface area contributed by atoms with Crippen LogP contribution in [0.1, 0.15) is 29.3 Å². The van der Waals surface area contributed by atoms with Crippen LogP contribution in [0.3, 0.4) is 0 Å². The van der Waals surface area contributed by atoms with Crippen LogP contribution in [0.25, 0.3) is 17.0 Å². The van der Waals surface area contributed by atoms with Crippen LogP contribution in [0.15, 0.2) is 71.3 Å². The van der Waals surface area contributed by atoms with Crippen LogP contribution in [0.5, 0.6) is 0 Å². The largest absolute Gasteiger partial charge is 0.459 e. The van der Waals surface area contributed by atoms with E-state index in [1.54, 1.807) is 17.8 Å². The van der Waals surface area contributed by atoms with Gasteiger partial charge in [-0.25, -0.2) is 9.67 Å². The molecule has 0 aliphatic carbocycles. The quantitative estimate of drug-likeness (QED) is 0.418. The predicted molar refractivity (Wildman–Crippen MR) is 113 cm³/mol. The number of rotatable bonds is 7. The summed E-state index contributed by atoms with van der Waals surface area (Å²) in [6.45, 7) is 1.72. The Hall–Kier alpha value is -4.18. The second-order valence-electron chi connectivity index (χ2n) is 6.91. The first-order valence-electron chi connectivity index (χ1n) is 9.85. The van der Waals surface area contributed by atoms with Crippen molar-refractivity contribution < 1.29 is 13.9 Å². The maximum absolute atomic E-state index is 12.3. The molecule has 7 heteroatoms. The molecule has 154 valence electrons. The molecule has 0 N–H and O–H groups in total. The molecule has 4 aromatic rings. The highest BCUT2D eigenvalue weighted by molar-refractivity contribution is 5.69. The molecule has 0 saturated carbocycles. The lowest BCUT2D eigenvalue weighted by Gasteiger charge is -2.08. The van der Waals surface area contributed by atoms with Crippen LogP contribution in [-0.2, 0) is 22.6 Å². The van der Waals surface area contributed by atoms with Gasteiger partial charge in [-0.1, -0.05) is 48.5 Å². The molecule has 4 rings (SSSR count). The summed E-state index contributed by atoms with van der Waals surface area (Å²) in [4.78, 5) is 16.6. The minimum absolute atomic E-state index is 0.0433.